The van der Waals surface area contributed by atoms with Crippen LogP contribution in [0.3, 0.4) is 0 Å². The summed E-state index contributed by atoms with van der Waals surface area (Å²) in [4.78, 5) is 10.6. The number of fused-ring (bicyclic) bond motifs is 1. The molecule has 0 fully saturated rings. The molecular weight excluding hydrogens is 233 g/mol. The molecule has 0 spiro atoms. The van der Waals surface area contributed by atoms with E-state index < -0.39 is 15.2 Å². The molecule has 0 saturated carbocycles. The highest BCUT2D eigenvalue weighted by molar-refractivity contribution is 7.86. The Morgan fingerprint density at radius 1 is 1.38 bits per heavy atom. The van der Waals surface area contributed by atoms with Gasteiger partial charge < -0.3 is 4.98 Å². The Kier molecular flexibility index (Phi) is 2.42. The molecule has 0 aliphatic heterocycles. The Morgan fingerprint density at radius 3 is 2.62 bits per heavy atom. The van der Waals surface area contributed by atoms with E-state index in [2.05, 4.69) is 15.0 Å². The zero-order valence-electron chi connectivity index (χ0n) is 8.73. The van der Waals surface area contributed by atoms with E-state index in [1.807, 2.05) is 0 Å². The third kappa shape index (κ3) is 1.78. The topological polar surface area (TPSA) is 75.7 Å². The minimum absolute atomic E-state index is 0.0757. The number of aromatic nitrogens is 3. The average Bonchev–Trinajstić information content (AvgIpc) is 2.61. The zero-order chi connectivity index (χ0) is 11.9. The van der Waals surface area contributed by atoms with Gasteiger partial charge in [-0.15, -0.1) is 0 Å². The minimum atomic E-state index is -4.83. The normalized spacial score (nSPS) is 12.5. The van der Waals surface area contributed by atoms with Gasteiger partial charge in [0.2, 0.25) is 0 Å². The molecule has 0 saturated heterocycles. The van der Waals surface area contributed by atoms with Crippen molar-refractivity contribution in [2.24, 2.45) is 0 Å². The van der Waals surface area contributed by atoms with Gasteiger partial charge in [0.05, 0.1) is 5.39 Å². The third-order valence-corrected chi connectivity index (χ3v) is 2.92. The molecule has 1 N–H and O–H groups in total. The van der Waals surface area contributed by atoms with Gasteiger partial charge in [0.15, 0.2) is 5.03 Å². The summed E-state index contributed by atoms with van der Waals surface area (Å²) in [5.74, 6) is 0.222. The van der Waals surface area contributed by atoms with Crippen LogP contribution < -0.4 is 0 Å². The highest BCUT2D eigenvalue weighted by Gasteiger charge is 2.21. The first-order valence-corrected chi connectivity index (χ1v) is 6.07. The number of nitrogens with zero attached hydrogens (tertiary/aromatic N) is 2. The summed E-state index contributed by atoms with van der Waals surface area (Å²) in [5, 5.41) is -0.394. The van der Waals surface area contributed by atoms with Crippen LogP contribution in [0.4, 0.5) is 3.89 Å². The van der Waals surface area contributed by atoms with Crippen LogP contribution in [-0.2, 0) is 10.2 Å². The summed E-state index contributed by atoms with van der Waals surface area (Å²) < 4.78 is 34.9. The van der Waals surface area contributed by atoms with Gasteiger partial charge >= 0.3 is 10.2 Å². The van der Waals surface area contributed by atoms with Crippen LogP contribution in [0.25, 0.3) is 11.0 Å². The smallest absolute Gasteiger partial charge is 0.346 e. The van der Waals surface area contributed by atoms with Crippen molar-refractivity contribution >= 4 is 21.3 Å². The van der Waals surface area contributed by atoms with E-state index in [0.717, 1.165) is 0 Å². The molecule has 0 unspecified atom stereocenters. The average molecular weight is 243 g/mol. The first-order valence-electron chi connectivity index (χ1n) is 4.69. The van der Waals surface area contributed by atoms with Crippen molar-refractivity contribution in [2.45, 2.75) is 24.8 Å². The molecule has 0 amide bonds. The van der Waals surface area contributed by atoms with Crippen molar-refractivity contribution in [1.29, 1.82) is 0 Å². The monoisotopic (exact) mass is 243 g/mol. The maximum atomic E-state index is 13.0. The maximum Gasteiger partial charge on any atom is 0.350 e. The number of aromatic amines is 1. The fourth-order valence-corrected chi connectivity index (χ4v) is 2.00. The third-order valence-electron chi connectivity index (χ3n) is 2.15. The van der Waals surface area contributed by atoms with Crippen molar-refractivity contribution in [3.05, 3.63) is 18.1 Å². The summed E-state index contributed by atoms with van der Waals surface area (Å²) in [6, 6.07) is 1.44. The van der Waals surface area contributed by atoms with Crippen LogP contribution in [0.5, 0.6) is 0 Å². The predicted octanol–water partition coefficient (Wildman–Crippen LogP) is 1.74. The van der Waals surface area contributed by atoms with Crippen molar-refractivity contribution < 1.29 is 12.3 Å². The highest BCUT2D eigenvalue weighted by Crippen LogP contribution is 2.23. The molecule has 86 valence electrons. The molecule has 7 heteroatoms. The van der Waals surface area contributed by atoms with Crippen molar-refractivity contribution in [3.63, 3.8) is 0 Å². The fraction of sp³-hybridized carbons (Fsp3) is 0.333. The van der Waals surface area contributed by atoms with E-state index in [9.17, 15) is 12.3 Å². The number of rotatable bonds is 2. The molecule has 2 aromatic rings. The molecule has 5 nitrogen and oxygen atoms in total. The predicted molar refractivity (Wildman–Crippen MR) is 56.3 cm³/mol. The SMILES string of the molecule is CC(C)c1nc(S(=O)(=O)F)c2cc[nH]c2n1. The Labute approximate surface area is 91.9 Å². The van der Waals surface area contributed by atoms with Crippen LogP contribution >= 0.6 is 0 Å². The van der Waals surface area contributed by atoms with Gasteiger partial charge in [0, 0.05) is 12.1 Å². The lowest BCUT2D eigenvalue weighted by Crippen LogP contribution is -2.05. The molecule has 0 aliphatic rings. The van der Waals surface area contributed by atoms with Crippen LogP contribution in [0.2, 0.25) is 0 Å². The lowest BCUT2D eigenvalue weighted by Gasteiger charge is -2.05. The van der Waals surface area contributed by atoms with E-state index in [-0.39, 0.29) is 11.3 Å². The zero-order valence-corrected chi connectivity index (χ0v) is 9.55. The lowest BCUT2D eigenvalue weighted by molar-refractivity contribution is 0.547. The van der Waals surface area contributed by atoms with Gasteiger partial charge in [0.1, 0.15) is 11.5 Å². The van der Waals surface area contributed by atoms with E-state index in [1.165, 1.54) is 12.3 Å². The molecule has 0 atom stereocenters. The molecule has 2 rings (SSSR count). The van der Waals surface area contributed by atoms with Crippen LogP contribution in [0.15, 0.2) is 17.3 Å². The van der Waals surface area contributed by atoms with E-state index in [0.29, 0.717) is 11.5 Å². The van der Waals surface area contributed by atoms with Crippen molar-refractivity contribution in [1.82, 2.24) is 15.0 Å². The maximum absolute atomic E-state index is 13.0. The molecule has 0 aromatic carbocycles. The molecule has 0 bridgehead atoms. The summed E-state index contributed by atoms with van der Waals surface area (Å²) in [7, 11) is -4.83. The Hall–Kier alpha value is -1.50. The van der Waals surface area contributed by atoms with Crippen LogP contribution in [0, 0.1) is 0 Å². The molecular formula is C9H10FN3O2S. The lowest BCUT2D eigenvalue weighted by atomic mass is 10.2. The summed E-state index contributed by atoms with van der Waals surface area (Å²) >= 11 is 0. The largest absolute Gasteiger partial charge is 0.350 e. The molecule has 0 aliphatic carbocycles. The van der Waals surface area contributed by atoms with E-state index in [1.54, 1.807) is 13.8 Å². The molecule has 16 heavy (non-hydrogen) atoms. The van der Waals surface area contributed by atoms with Gasteiger partial charge in [-0.25, -0.2) is 9.97 Å². The van der Waals surface area contributed by atoms with Gasteiger partial charge in [0.25, 0.3) is 0 Å². The Balaban J connectivity index is 2.84. The van der Waals surface area contributed by atoms with Gasteiger partial charge in [-0.2, -0.15) is 8.42 Å². The molecule has 2 heterocycles. The molecule has 2 aromatic heterocycles. The quantitative estimate of drug-likeness (QED) is 0.644. The minimum Gasteiger partial charge on any atom is -0.346 e. The highest BCUT2D eigenvalue weighted by atomic mass is 32.3. The van der Waals surface area contributed by atoms with Crippen LogP contribution in [-0.4, -0.2) is 23.4 Å². The first kappa shape index (κ1) is 11.0. The van der Waals surface area contributed by atoms with E-state index >= 15 is 0 Å². The van der Waals surface area contributed by atoms with Gasteiger partial charge in [-0.05, 0) is 6.07 Å². The van der Waals surface area contributed by atoms with Gasteiger partial charge in [-0.3, -0.25) is 0 Å². The van der Waals surface area contributed by atoms with Crippen molar-refractivity contribution in [2.75, 3.05) is 0 Å². The summed E-state index contributed by atoms with van der Waals surface area (Å²) in [6.45, 7) is 3.61. The van der Waals surface area contributed by atoms with Crippen LogP contribution in [0.1, 0.15) is 25.6 Å². The summed E-state index contributed by atoms with van der Waals surface area (Å²) in [5.41, 5.74) is 0.329. The molecule has 0 radical (unpaired) electrons. The second-order valence-corrected chi connectivity index (χ2v) is 4.98. The standard InChI is InChI=1S/C9H10FN3O2S/c1-5(2)7-12-8-6(3-4-11-8)9(13-7)16(10,14)15/h3-5H,1-2H3,(H,11,12,13). The number of nitrogens with one attached hydrogen (secondary N) is 1. The number of hydrogen-bond donors (Lipinski definition) is 1. The fourth-order valence-electron chi connectivity index (χ4n) is 1.37. The number of H-pyrrole nitrogens is 1. The van der Waals surface area contributed by atoms with Crippen molar-refractivity contribution in [3.8, 4) is 0 Å². The van der Waals surface area contributed by atoms with E-state index in [4.69, 9.17) is 0 Å². The Bertz CT molecular complexity index is 633. The number of halogens is 1. The van der Waals surface area contributed by atoms with Gasteiger partial charge in [-0.1, -0.05) is 17.7 Å². The Morgan fingerprint density at radius 2 is 2.06 bits per heavy atom. The second kappa shape index (κ2) is 3.51. The second-order valence-electron chi connectivity index (χ2n) is 3.72. The first-order chi connectivity index (χ1) is 7.39. The summed E-state index contributed by atoms with van der Waals surface area (Å²) in [6.07, 6.45) is 1.50. The number of hydrogen-bond acceptors (Lipinski definition) is 4.